The molecule has 1 aliphatic rings. The largest absolute Gasteiger partial charge is 0.497 e. The van der Waals surface area contributed by atoms with Crippen LogP contribution in [0.15, 0.2) is 48.5 Å². The van der Waals surface area contributed by atoms with Gasteiger partial charge in [-0.3, -0.25) is 4.79 Å². The van der Waals surface area contributed by atoms with Gasteiger partial charge >= 0.3 is 0 Å². The number of rotatable bonds is 4. The smallest absolute Gasteiger partial charge is 0.238 e. The molecule has 2 aromatic carbocycles. The Kier molecular flexibility index (Phi) is 5.24. The number of aryl methyl sites for hydroxylation is 1. The van der Waals surface area contributed by atoms with Crippen LogP contribution in [0.25, 0.3) is 5.69 Å². The number of para-hydroxylation sites is 1. The van der Waals surface area contributed by atoms with Crippen LogP contribution in [0.2, 0.25) is 0 Å². The second kappa shape index (κ2) is 7.83. The highest BCUT2D eigenvalue weighted by atomic mass is 32.2. The highest BCUT2D eigenvalue weighted by Gasteiger charge is 2.35. The molecule has 2 heterocycles. The van der Waals surface area contributed by atoms with Crippen LogP contribution < -0.4 is 14.8 Å². The molecule has 0 spiro atoms. The Morgan fingerprint density at radius 1 is 1.10 bits per heavy atom. The van der Waals surface area contributed by atoms with Crippen molar-refractivity contribution in [2.24, 2.45) is 0 Å². The second-order valence-electron chi connectivity index (χ2n) is 6.85. The van der Waals surface area contributed by atoms with E-state index in [2.05, 4.69) is 5.32 Å². The van der Waals surface area contributed by atoms with Crippen molar-refractivity contribution >= 4 is 23.5 Å². The van der Waals surface area contributed by atoms with E-state index >= 15 is 0 Å². The maximum atomic E-state index is 12.8. The first-order valence-corrected chi connectivity index (χ1v) is 10.3. The third-order valence-corrected chi connectivity index (χ3v) is 6.42. The van der Waals surface area contributed by atoms with Crippen molar-refractivity contribution in [3.8, 4) is 17.2 Å². The van der Waals surface area contributed by atoms with E-state index in [1.807, 2.05) is 62.4 Å². The summed E-state index contributed by atoms with van der Waals surface area (Å²) in [5, 5.41) is 7.47. The number of hydrogen-bond donors (Lipinski definition) is 1. The highest BCUT2D eigenvalue weighted by Crippen LogP contribution is 2.49. The van der Waals surface area contributed by atoms with Crippen LogP contribution in [0.5, 0.6) is 11.5 Å². The van der Waals surface area contributed by atoms with E-state index in [9.17, 15) is 4.79 Å². The zero-order valence-corrected chi connectivity index (χ0v) is 17.6. The normalized spacial score (nSPS) is 18.6. The minimum Gasteiger partial charge on any atom is -0.497 e. The van der Waals surface area contributed by atoms with Gasteiger partial charge in [0.1, 0.15) is 17.3 Å². The predicted octanol–water partition coefficient (Wildman–Crippen LogP) is 4.36. The van der Waals surface area contributed by atoms with Crippen molar-refractivity contribution < 1.29 is 14.3 Å². The number of benzene rings is 2. The molecule has 4 rings (SSSR count). The minimum absolute atomic E-state index is 0.0438. The van der Waals surface area contributed by atoms with Crippen LogP contribution in [-0.2, 0) is 4.79 Å². The first kappa shape index (κ1) is 19.4. The van der Waals surface area contributed by atoms with E-state index in [1.54, 1.807) is 30.7 Å². The van der Waals surface area contributed by atoms with Gasteiger partial charge in [-0.25, -0.2) is 4.68 Å². The summed E-state index contributed by atoms with van der Waals surface area (Å²) in [6, 6.07) is 15.6. The number of aromatic nitrogens is 2. The van der Waals surface area contributed by atoms with Crippen LogP contribution >= 0.6 is 11.8 Å². The summed E-state index contributed by atoms with van der Waals surface area (Å²) in [5.41, 5.74) is 3.69. The monoisotopic (exact) mass is 409 g/mol. The number of nitrogens with zero attached hydrogens (tertiary/aromatic N) is 2. The Bertz CT molecular complexity index is 1050. The molecule has 1 aliphatic heterocycles. The fourth-order valence-corrected chi connectivity index (χ4v) is 4.89. The van der Waals surface area contributed by atoms with Gasteiger partial charge in [0, 0.05) is 11.1 Å². The summed E-state index contributed by atoms with van der Waals surface area (Å²) < 4.78 is 12.9. The molecule has 0 aliphatic carbocycles. The zero-order valence-electron chi connectivity index (χ0n) is 16.8. The van der Waals surface area contributed by atoms with E-state index in [4.69, 9.17) is 14.6 Å². The number of ether oxygens (including phenoxy) is 2. The number of nitrogens with one attached hydrogen (secondary N) is 1. The quantitative estimate of drug-likeness (QED) is 0.694. The Balaban J connectivity index is 1.94. The molecular weight excluding hydrogens is 386 g/mol. The lowest BCUT2D eigenvalue weighted by atomic mass is 10.0. The minimum atomic E-state index is -0.244. The molecule has 1 amide bonds. The van der Waals surface area contributed by atoms with Gasteiger partial charge in [0.2, 0.25) is 5.91 Å². The zero-order chi connectivity index (χ0) is 20.5. The van der Waals surface area contributed by atoms with Gasteiger partial charge in [-0.15, -0.1) is 11.8 Å². The molecule has 29 heavy (non-hydrogen) atoms. The van der Waals surface area contributed by atoms with Gasteiger partial charge in [-0.1, -0.05) is 18.2 Å². The van der Waals surface area contributed by atoms with Gasteiger partial charge in [0.15, 0.2) is 0 Å². The number of anilines is 1. The number of hydrogen-bond acceptors (Lipinski definition) is 5. The number of thioether (sulfide) groups is 1. The molecule has 0 saturated carbocycles. The van der Waals surface area contributed by atoms with Crippen molar-refractivity contribution in [2.75, 3.05) is 19.5 Å². The predicted molar refractivity (Wildman–Crippen MR) is 115 cm³/mol. The third-order valence-electron chi connectivity index (χ3n) is 5.04. The lowest BCUT2D eigenvalue weighted by Gasteiger charge is -2.20. The van der Waals surface area contributed by atoms with Crippen LogP contribution in [0.3, 0.4) is 0 Å². The van der Waals surface area contributed by atoms with Crippen molar-refractivity contribution in [3.63, 3.8) is 0 Å². The summed E-state index contributed by atoms with van der Waals surface area (Å²) in [6.45, 7) is 3.89. The van der Waals surface area contributed by atoms with E-state index in [0.717, 1.165) is 34.0 Å². The topological polar surface area (TPSA) is 65.4 Å². The SMILES string of the molecule is COc1ccc(OC)c([C@H]2S[C@H](C)C(=O)Nc3c2c(C)nn3-c2ccccc2)c1. The van der Waals surface area contributed by atoms with Gasteiger partial charge in [-0.05, 0) is 44.2 Å². The molecule has 6 nitrogen and oxygen atoms in total. The van der Waals surface area contributed by atoms with Crippen LogP contribution in [0.1, 0.15) is 29.0 Å². The maximum Gasteiger partial charge on any atom is 0.238 e. The van der Waals surface area contributed by atoms with Gasteiger partial charge in [-0.2, -0.15) is 5.10 Å². The van der Waals surface area contributed by atoms with Crippen molar-refractivity contribution in [2.45, 2.75) is 24.3 Å². The number of carbonyl (C=O) groups excluding carboxylic acids is 1. The molecule has 0 radical (unpaired) electrons. The Morgan fingerprint density at radius 2 is 1.86 bits per heavy atom. The highest BCUT2D eigenvalue weighted by molar-refractivity contribution is 8.01. The number of fused-ring (bicyclic) bond motifs is 1. The first-order valence-electron chi connectivity index (χ1n) is 9.36. The van der Waals surface area contributed by atoms with Crippen LogP contribution in [0.4, 0.5) is 5.82 Å². The molecule has 150 valence electrons. The number of amides is 1. The lowest BCUT2D eigenvalue weighted by Crippen LogP contribution is -2.22. The molecule has 7 heteroatoms. The summed E-state index contributed by atoms with van der Waals surface area (Å²) in [6.07, 6.45) is 0. The lowest BCUT2D eigenvalue weighted by molar-refractivity contribution is -0.115. The van der Waals surface area contributed by atoms with E-state index in [0.29, 0.717) is 5.82 Å². The Morgan fingerprint density at radius 3 is 2.55 bits per heavy atom. The molecule has 0 bridgehead atoms. The first-order chi connectivity index (χ1) is 14.0. The van der Waals surface area contributed by atoms with Crippen LogP contribution in [-0.4, -0.2) is 35.2 Å². The van der Waals surface area contributed by atoms with Crippen molar-refractivity contribution in [3.05, 3.63) is 65.4 Å². The van der Waals surface area contributed by atoms with E-state index < -0.39 is 0 Å². The van der Waals surface area contributed by atoms with Crippen molar-refractivity contribution in [1.29, 1.82) is 0 Å². The molecule has 0 saturated heterocycles. The maximum absolute atomic E-state index is 12.8. The molecule has 0 fully saturated rings. The molecule has 1 aromatic heterocycles. The average Bonchev–Trinajstić information content (AvgIpc) is 3.00. The van der Waals surface area contributed by atoms with Gasteiger partial charge in [0.25, 0.3) is 0 Å². The molecular formula is C22H23N3O3S. The number of carbonyl (C=O) groups is 1. The fourth-order valence-electron chi connectivity index (χ4n) is 3.55. The molecule has 3 aromatic rings. The van der Waals surface area contributed by atoms with E-state index in [1.165, 1.54) is 0 Å². The third kappa shape index (κ3) is 3.46. The van der Waals surface area contributed by atoms with Crippen molar-refractivity contribution in [1.82, 2.24) is 9.78 Å². The average molecular weight is 410 g/mol. The summed E-state index contributed by atoms with van der Waals surface area (Å²) in [4.78, 5) is 12.8. The Labute approximate surface area is 174 Å². The van der Waals surface area contributed by atoms with Gasteiger partial charge < -0.3 is 14.8 Å². The Hall–Kier alpha value is -2.93. The number of methoxy groups -OCH3 is 2. The second-order valence-corrected chi connectivity index (χ2v) is 8.30. The van der Waals surface area contributed by atoms with Gasteiger partial charge in [0.05, 0.1) is 36.1 Å². The summed E-state index contributed by atoms with van der Waals surface area (Å²) in [5.74, 6) is 2.15. The fraction of sp³-hybridized carbons (Fsp3) is 0.273. The summed E-state index contributed by atoms with van der Waals surface area (Å²) >= 11 is 1.58. The van der Waals surface area contributed by atoms with E-state index in [-0.39, 0.29) is 16.4 Å². The summed E-state index contributed by atoms with van der Waals surface area (Å²) in [7, 11) is 3.30. The van der Waals surface area contributed by atoms with Crippen LogP contribution in [0, 0.1) is 6.92 Å². The molecule has 1 N–H and O–H groups in total. The standard InChI is InChI=1S/C22H23N3O3S/c1-13-19-20(17-12-16(27-3)10-11-18(17)28-4)29-14(2)22(26)23-21(19)25(24-13)15-8-6-5-7-9-15/h5-12,14,20H,1-4H3,(H,23,26)/t14-,20-/m1/s1. The molecule has 2 atom stereocenters. The molecule has 0 unspecified atom stereocenters.